The largest absolute Gasteiger partial charge is 0.365 e. The van der Waals surface area contributed by atoms with E-state index in [1.54, 1.807) is 24.9 Å². The van der Waals surface area contributed by atoms with Gasteiger partial charge in [0, 0.05) is 25.8 Å². The SMILES string of the molecule is Cc1cc(C(=O)NC[C@H]2CN(C)C(=O)CO2)nc(C)n1. The van der Waals surface area contributed by atoms with Crippen LogP contribution in [0, 0.1) is 13.8 Å². The molecule has 1 N–H and O–H groups in total. The third-order valence-corrected chi connectivity index (χ3v) is 3.03. The maximum atomic E-state index is 12.0. The van der Waals surface area contributed by atoms with Crippen molar-refractivity contribution < 1.29 is 14.3 Å². The van der Waals surface area contributed by atoms with Gasteiger partial charge in [-0.25, -0.2) is 9.97 Å². The highest BCUT2D eigenvalue weighted by molar-refractivity contribution is 5.92. The van der Waals surface area contributed by atoms with Crippen molar-refractivity contribution >= 4 is 11.8 Å². The molecule has 1 fully saturated rings. The highest BCUT2D eigenvalue weighted by Crippen LogP contribution is 2.04. The van der Waals surface area contributed by atoms with Crippen LogP contribution in [0.15, 0.2) is 6.07 Å². The predicted molar refractivity (Wildman–Crippen MR) is 71.2 cm³/mol. The van der Waals surface area contributed by atoms with Crippen LogP contribution in [0.5, 0.6) is 0 Å². The average molecular weight is 278 g/mol. The van der Waals surface area contributed by atoms with Crippen molar-refractivity contribution in [2.75, 3.05) is 26.7 Å². The fraction of sp³-hybridized carbons (Fsp3) is 0.538. The molecule has 1 aliphatic heterocycles. The number of carbonyl (C=O) groups is 2. The molecule has 7 nitrogen and oxygen atoms in total. The third kappa shape index (κ3) is 3.51. The molecular weight excluding hydrogens is 260 g/mol. The van der Waals surface area contributed by atoms with Gasteiger partial charge in [0.1, 0.15) is 18.1 Å². The van der Waals surface area contributed by atoms with E-state index in [1.807, 2.05) is 6.92 Å². The van der Waals surface area contributed by atoms with Gasteiger partial charge in [0.25, 0.3) is 5.91 Å². The Bertz CT molecular complexity index is 512. The Balaban J connectivity index is 1.90. The van der Waals surface area contributed by atoms with Gasteiger partial charge in [-0.2, -0.15) is 0 Å². The standard InChI is InChI=1S/C13H18N4O3/c1-8-4-11(16-9(2)15-8)13(19)14-5-10-6-17(3)12(18)7-20-10/h4,10H,5-7H2,1-3H3,(H,14,19)/t10-/m0/s1. The molecule has 20 heavy (non-hydrogen) atoms. The third-order valence-electron chi connectivity index (χ3n) is 3.03. The molecule has 0 spiro atoms. The number of nitrogens with zero attached hydrogens (tertiary/aromatic N) is 3. The lowest BCUT2D eigenvalue weighted by atomic mass is 10.2. The molecule has 2 amide bonds. The Morgan fingerprint density at radius 2 is 2.25 bits per heavy atom. The second-order valence-electron chi connectivity index (χ2n) is 4.86. The summed E-state index contributed by atoms with van der Waals surface area (Å²) in [5, 5.41) is 2.77. The van der Waals surface area contributed by atoms with Crippen LogP contribution >= 0.6 is 0 Å². The zero-order valence-electron chi connectivity index (χ0n) is 11.8. The lowest BCUT2D eigenvalue weighted by molar-refractivity contribution is -0.146. The summed E-state index contributed by atoms with van der Waals surface area (Å²) < 4.78 is 5.36. The van der Waals surface area contributed by atoms with Gasteiger partial charge >= 0.3 is 0 Å². The van der Waals surface area contributed by atoms with Gasteiger partial charge in [-0.3, -0.25) is 9.59 Å². The summed E-state index contributed by atoms with van der Waals surface area (Å²) in [4.78, 5) is 33.1. The minimum atomic E-state index is -0.262. The van der Waals surface area contributed by atoms with Gasteiger partial charge in [0.15, 0.2) is 0 Å². The van der Waals surface area contributed by atoms with E-state index in [0.717, 1.165) is 5.69 Å². The summed E-state index contributed by atoms with van der Waals surface area (Å²) in [6, 6.07) is 1.64. The molecule has 1 saturated heterocycles. The topological polar surface area (TPSA) is 84.4 Å². The average Bonchev–Trinajstić information content (AvgIpc) is 2.38. The number of amides is 2. The van der Waals surface area contributed by atoms with Crippen molar-refractivity contribution in [3.63, 3.8) is 0 Å². The van der Waals surface area contributed by atoms with Crippen molar-refractivity contribution in [3.05, 3.63) is 23.3 Å². The zero-order chi connectivity index (χ0) is 14.7. The summed E-state index contributed by atoms with van der Waals surface area (Å²) in [6.45, 7) is 4.44. The molecule has 1 aliphatic rings. The second-order valence-corrected chi connectivity index (χ2v) is 4.86. The molecule has 7 heteroatoms. The highest BCUT2D eigenvalue weighted by Gasteiger charge is 2.24. The number of rotatable bonds is 3. The molecule has 0 aliphatic carbocycles. The van der Waals surface area contributed by atoms with Crippen LogP contribution in [0.1, 0.15) is 22.0 Å². The van der Waals surface area contributed by atoms with E-state index in [2.05, 4.69) is 15.3 Å². The van der Waals surface area contributed by atoms with Crippen molar-refractivity contribution in [2.24, 2.45) is 0 Å². The Hall–Kier alpha value is -2.02. The first kappa shape index (κ1) is 14.4. The molecule has 2 rings (SSSR count). The van der Waals surface area contributed by atoms with Crippen LogP contribution in [0.4, 0.5) is 0 Å². The van der Waals surface area contributed by atoms with Crippen molar-refractivity contribution in [1.29, 1.82) is 0 Å². The van der Waals surface area contributed by atoms with Gasteiger partial charge < -0.3 is 15.0 Å². The Morgan fingerprint density at radius 3 is 2.90 bits per heavy atom. The van der Waals surface area contributed by atoms with E-state index in [1.165, 1.54) is 0 Å². The molecule has 0 aromatic carbocycles. The summed E-state index contributed by atoms with van der Waals surface area (Å²) >= 11 is 0. The Kier molecular flexibility index (Phi) is 4.29. The van der Waals surface area contributed by atoms with E-state index >= 15 is 0 Å². The molecule has 108 valence electrons. The zero-order valence-corrected chi connectivity index (χ0v) is 11.8. The molecule has 0 unspecified atom stereocenters. The van der Waals surface area contributed by atoms with Crippen molar-refractivity contribution in [1.82, 2.24) is 20.2 Å². The maximum absolute atomic E-state index is 12.0. The van der Waals surface area contributed by atoms with E-state index in [4.69, 9.17) is 4.74 Å². The monoisotopic (exact) mass is 278 g/mol. The summed E-state index contributed by atoms with van der Waals surface area (Å²) in [5.74, 6) is 0.255. The van der Waals surface area contributed by atoms with Crippen LogP contribution in [0.2, 0.25) is 0 Å². The number of likely N-dealkylation sites (N-methyl/N-ethyl adjacent to an activating group) is 1. The van der Waals surface area contributed by atoms with E-state index < -0.39 is 0 Å². The van der Waals surface area contributed by atoms with Gasteiger partial charge in [0.2, 0.25) is 5.91 Å². The van der Waals surface area contributed by atoms with Crippen LogP contribution in [-0.4, -0.2) is 59.5 Å². The van der Waals surface area contributed by atoms with Crippen LogP contribution in [0.25, 0.3) is 0 Å². The number of morpholine rings is 1. The highest BCUT2D eigenvalue weighted by atomic mass is 16.5. The molecule has 1 atom stereocenters. The predicted octanol–water partition coefficient (Wildman–Crippen LogP) is -0.320. The maximum Gasteiger partial charge on any atom is 0.270 e. The first-order chi connectivity index (χ1) is 9.45. The molecule has 1 aromatic rings. The fourth-order valence-electron chi connectivity index (χ4n) is 2.01. The quantitative estimate of drug-likeness (QED) is 0.819. The summed E-state index contributed by atoms with van der Waals surface area (Å²) in [6.07, 6.45) is -0.189. The smallest absolute Gasteiger partial charge is 0.270 e. The van der Waals surface area contributed by atoms with Crippen molar-refractivity contribution in [3.8, 4) is 0 Å². The molecule has 0 radical (unpaired) electrons. The van der Waals surface area contributed by atoms with Gasteiger partial charge in [0.05, 0.1) is 6.10 Å². The summed E-state index contributed by atoms with van der Waals surface area (Å²) in [5.41, 5.74) is 1.09. The van der Waals surface area contributed by atoms with E-state index in [9.17, 15) is 9.59 Å². The first-order valence-electron chi connectivity index (χ1n) is 6.42. The minimum absolute atomic E-state index is 0.0466. The lowest BCUT2D eigenvalue weighted by Crippen LogP contribution is -2.48. The van der Waals surface area contributed by atoms with Crippen LogP contribution in [-0.2, 0) is 9.53 Å². The number of hydrogen-bond donors (Lipinski definition) is 1. The molecular formula is C13H18N4O3. The van der Waals surface area contributed by atoms with E-state index in [-0.39, 0.29) is 24.5 Å². The first-order valence-corrected chi connectivity index (χ1v) is 6.42. The van der Waals surface area contributed by atoms with Gasteiger partial charge in [-0.1, -0.05) is 0 Å². The molecule has 0 bridgehead atoms. The van der Waals surface area contributed by atoms with E-state index in [0.29, 0.717) is 24.6 Å². The van der Waals surface area contributed by atoms with Gasteiger partial charge in [-0.05, 0) is 19.9 Å². The summed E-state index contributed by atoms with van der Waals surface area (Å²) in [7, 11) is 1.72. The fourth-order valence-corrected chi connectivity index (χ4v) is 2.01. The number of ether oxygens (including phenoxy) is 1. The minimum Gasteiger partial charge on any atom is -0.365 e. The Labute approximate surface area is 117 Å². The van der Waals surface area contributed by atoms with Crippen molar-refractivity contribution in [2.45, 2.75) is 20.0 Å². The molecule has 0 saturated carbocycles. The number of nitrogens with one attached hydrogen (secondary N) is 1. The number of aryl methyl sites for hydroxylation is 2. The number of hydrogen-bond acceptors (Lipinski definition) is 5. The molecule has 1 aromatic heterocycles. The number of carbonyl (C=O) groups excluding carboxylic acids is 2. The second kappa shape index (κ2) is 5.96. The van der Waals surface area contributed by atoms with Gasteiger partial charge in [-0.15, -0.1) is 0 Å². The number of aromatic nitrogens is 2. The normalized spacial score (nSPS) is 19.1. The van der Waals surface area contributed by atoms with Crippen LogP contribution < -0.4 is 5.32 Å². The van der Waals surface area contributed by atoms with Crippen LogP contribution in [0.3, 0.4) is 0 Å². The lowest BCUT2D eigenvalue weighted by Gasteiger charge is -2.29. The Morgan fingerprint density at radius 1 is 1.50 bits per heavy atom. The molecule has 2 heterocycles.